The summed E-state index contributed by atoms with van der Waals surface area (Å²) >= 11 is 0. The standard InChI is InChI=1S/C7H8N2O2/c1-2-5(8)9-6(10)3-4-7(9)11/h2-5H,1,8H2. The number of carbonyl (C=O) groups excluding carboxylic acids is 2. The molecule has 1 unspecified atom stereocenters. The summed E-state index contributed by atoms with van der Waals surface area (Å²) in [6.45, 7) is 3.38. The highest BCUT2D eigenvalue weighted by Crippen LogP contribution is 2.05. The summed E-state index contributed by atoms with van der Waals surface area (Å²) in [6.07, 6.45) is 2.99. The zero-order valence-electron chi connectivity index (χ0n) is 5.86. The molecule has 0 saturated heterocycles. The summed E-state index contributed by atoms with van der Waals surface area (Å²) in [4.78, 5) is 22.7. The highest BCUT2D eigenvalue weighted by atomic mass is 16.2. The molecule has 0 aliphatic carbocycles. The Labute approximate surface area is 64.0 Å². The van der Waals surface area contributed by atoms with Gasteiger partial charge in [0.15, 0.2) is 0 Å². The van der Waals surface area contributed by atoms with Crippen molar-refractivity contribution in [3.63, 3.8) is 0 Å². The van der Waals surface area contributed by atoms with E-state index in [1.807, 2.05) is 0 Å². The van der Waals surface area contributed by atoms with Gasteiger partial charge in [-0.1, -0.05) is 12.7 Å². The minimum absolute atomic E-state index is 0.387. The third-order valence-corrected chi connectivity index (χ3v) is 1.38. The Morgan fingerprint density at radius 2 is 1.91 bits per heavy atom. The van der Waals surface area contributed by atoms with Gasteiger partial charge in [0.2, 0.25) is 0 Å². The monoisotopic (exact) mass is 152 g/mol. The maximum atomic E-state index is 10.9. The minimum atomic E-state index is -0.718. The Hall–Kier alpha value is -1.42. The summed E-state index contributed by atoms with van der Waals surface area (Å²) in [5, 5.41) is 0. The van der Waals surface area contributed by atoms with Crippen molar-refractivity contribution in [2.45, 2.75) is 6.17 Å². The SMILES string of the molecule is C=CC(N)N1C(=O)C=CC1=O. The van der Waals surface area contributed by atoms with Gasteiger partial charge in [-0.3, -0.25) is 14.5 Å². The lowest BCUT2D eigenvalue weighted by molar-refractivity contribution is -0.138. The van der Waals surface area contributed by atoms with Crippen molar-refractivity contribution in [3.05, 3.63) is 24.8 Å². The van der Waals surface area contributed by atoms with Gasteiger partial charge in [-0.2, -0.15) is 0 Å². The average Bonchev–Trinajstić information content (AvgIpc) is 2.30. The van der Waals surface area contributed by atoms with Gasteiger partial charge in [-0.25, -0.2) is 0 Å². The topological polar surface area (TPSA) is 63.4 Å². The van der Waals surface area contributed by atoms with Gasteiger partial charge in [0.1, 0.15) is 6.17 Å². The molecular weight excluding hydrogens is 144 g/mol. The molecule has 4 heteroatoms. The van der Waals surface area contributed by atoms with Crippen molar-refractivity contribution in [2.75, 3.05) is 0 Å². The van der Waals surface area contributed by atoms with Crippen LogP contribution in [0.15, 0.2) is 24.8 Å². The lowest BCUT2D eigenvalue weighted by Gasteiger charge is -2.17. The number of imide groups is 1. The van der Waals surface area contributed by atoms with Gasteiger partial charge in [0, 0.05) is 12.2 Å². The van der Waals surface area contributed by atoms with E-state index in [9.17, 15) is 9.59 Å². The molecule has 0 aromatic rings. The van der Waals surface area contributed by atoms with Crippen molar-refractivity contribution in [2.24, 2.45) is 5.73 Å². The second kappa shape index (κ2) is 2.67. The van der Waals surface area contributed by atoms with E-state index < -0.39 is 6.17 Å². The molecule has 58 valence electrons. The molecule has 1 heterocycles. The lowest BCUT2D eigenvalue weighted by atomic mass is 10.4. The van der Waals surface area contributed by atoms with Gasteiger partial charge in [-0.05, 0) is 0 Å². The predicted octanol–water partition coefficient (Wildman–Crippen LogP) is -0.618. The van der Waals surface area contributed by atoms with E-state index in [4.69, 9.17) is 5.73 Å². The first-order chi connectivity index (χ1) is 5.16. The van der Waals surface area contributed by atoms with Crippen LogP contribution in [0.1, 0.15) is 0 Å². The van der Waals surface area contributed by atoms with Gasteiger partial charge in [0.25, 0.3) is 11.8 Å². The summed E-state index contributed by atoms with van der Waals surface area (Å²) in [6, 6.07) is 0. The smallest absolute Gasteiger partial charge is 0.255 e. The van der Waals surface area contributed by atoms with E-state index in [0.29, 0.717) is 0 Å². The predicted molar refractivity (Wildman–Crippen MR) is 39.2 cm³/mol. The molecule has 0 aromatic heterocycles. The highest BCUT2D eigenvalue weighted by molar-refractivity contribution is 6.13. The van der Waals surface area contributed by atoms with Crippen LogP contribution >= 0.6 is 0 Å². The van der Waals surface area contributed by atoms with Crippen LogP contribution in [0.5, 0.6) is 0 Å². The number of carbonyl (C=O) groups is 2. The molecule has 0 aromatic carbocycles. The zero-order chi connectivity index (χ0) is 8.43. The summed E-state index contributed by atoms with van der Waals surface area (Å²) in [7, 11) is 0. The number of hydrogen-bond donors (Lipinski definition) is 1. The summed E-state index contributed by atoms with van der Waals surface area (Å²) in [5.74, 6) is -0.773. The maximum Gasteiger partial charge on any atom is 0.255 e. The largest absolute Gasteiger partial charge is 0.307 e. The van der Waals surface area contributed by atoms with E-state index in [2.05, 4.69) is 6.58 Å². The first kappa shape index (κ1) is 7.68. The van der Waals surface area contributed by atoms with E-state index >= 15 is 0 Å². The van der Waals surface area contributed by atoms with E-state index in [1.54, 1.807) is 0 Å². The van der Waals surface area contributed by atoms with E-state index in [0.717, 1.165) is 4.90 Å². The van der Waals surface area contributed by atoms with Gasteiger partial charge in [-0.15, -0.1) is 0 Å². The fourth-order valence-corrected chi connectivity index (χ4v) is 0.811. The van der Waals surface area contributed by atoms with Crippen molar-refractivity contribution >= 4 is 11.8 Å². The van der Waals surface area contributed by atoms with Gasteiger partial charge in [0.05, 0.1) is 0 Å². The number of hydrogen-bond acceptors (Lipinski definition) is 3. The van der Waals surface area contributed by atoms with Gasteiger partial charge < -0.3 is 5.73 Å². The number of nitrogens with zero attached hydrogens (tertiary/aromatic N) is 1. The molecule has 1 aliphatic rings. The van der Waals surface area contributed by atoms with Crippen molar-refractivity contribution in [1.29, 1.82) is 0 Å². The molecule has 1 aliphatic heterocycles. The molecule has 11 heavy (non-hydrogen) atoms. The molecule has 0 saturated carbocycles. The summed E-state index contributed by atoms with van der Waals surface area (Å²) < 4.78 is 0. The summed E-state index contributed by atoms with van der Waals surface area (Å²) in [5.41, 5.74) is 5.39. The minimum Gasteiger partial charge on any atom is -0.307 e. The number of rotatable bonds is 2. The highest BCUT2D eigenvalue weighted by Gasteiger charge is 2.26. The van der Waals surface area contributed by atoms with Crippen molar-refractivity contribution < 1.29 is 9.59 Å². The first-order valence-electron chi connectivity index (χ1n) is 3.10. The quantitative estimate of drug-likeness (QED) is 0.423. The van der Waals surface area contributed by atoms with E-state index in [1.165, 1.54) is 18.2 Å². The molecule has 0 spiro atoms. The van der Waals surface area contributed by atoms with Crippen LogP contribution in [0.25, 0.3) is 0 Å². The zero-order valence-corrected chi connectivity index (χ0v) is 5.86. The first-order valence-corrected chi connectivity index (χ1v) is 3.10. The molecule has 0 bridgehead atoms. The maximum absolute atomic E-state index is 10.9. The Kier molecular flexibility index (Phi) is 1.87. The second-order valence-electron chi connectivity index (χ2n) is 2.11. The van der Waals surface area contributed by atoms with Crippen LogP contribution in [-0.4, -0.2) is 22.9 Å². The van der Waals surface area contributed by atoms with Crippen LogP contribution in [-0.2, 0) is 9.59 Å². The molecule has 4 nitrogen and oxygen atoms in total. The van der Waals surface area contributed by atoms with Crippen molar-refractivity contribution in [3.8, 4) is 0 Å². The fraction of sp³-hybridized carbons (Fsp3) is 0.143. The Morgan fingerprint density at radius 3 is 2.27 bits per heavy atom. The lowest BCUT2D eigenvalue weighted by Crippen LogP contribution is -2.44. The van der Waals surface area contributed by atoms with Gasteiger partial charge >= 0.3 is 0 Å². The van der Waals surface area contributed by atoms with Crippen LogP contribution in [0.4, 0.5) is 0 Å². The van der Waals surface area contributed by atoms with Crippen LogP contribution in [0.2, 0.25) is 0 Å². The van der Waals surface area contributed by atoms with Crippen LogP contribution in [0, 0.1) is 0 Å². The molecule has 2 N–H and O–H groups in total. The average molecular weight is 152 g/mol. The van der Waals surface area contributed by atoms with Crippen LogP contribution in [0.3, 0.4) is 0 Å². The molecule has 1 atom stereocenters. The fourth-order valence-electron chi connectivity index (χ4n) is 0.811. The molecule has 1 rings (SSSR count). The third-order valence-electron chi connectivity index (χ3n) is 1.38. The molecule has 2 amide bonds. The normalized spacial score (nSPS) is 19.2. The molecule has 0 radical (unpaired) electrons. The molecule has 0 fully saturated rings. The Balaban J connectivity index is 2.81. The van der Waals surface area contributed by atoms with Crippen molar-refractivity contribution in [1.82, 2.24) is 4.90 Å². The number of nitrogens with two attached hydrogens (primary N) is 1. The van der Waals surface area contributed by atoms with E-state index in [-0.39, 0.29) is 11.8 Å². The Bertz CT molecular complexity index is 227. The second-order valence-corrected chi connectivity index (χ2v) is 2.11. The number of amides is 2. The third kappa shape index (κ3) is 1.20. The van der Waals surface area contributed by atoms with Crippen LogP contribution < -0.4 is 5.73 Å². The Morgan fingerprint density at radius 1 is 1.45 bits per heavy atom. The molecular formula is C7H8N2O2.